The van der Waals surface area contributed by atoms with Crippen LogP contribution in [0.15, 0.2) is 17.5 Å². The number of anilines is 1. The SMILES string of the molecule is CCOc1cc2c(cc1CNC(=O)Nc1nc(C(F)(F)F)cs1)OC(C)C2. The van der Waals surface area contributed by atoms with Crippen LogP contribution in [-0.4, -0.2) is 23.7 Å². The van der Waals surface area contributed by atoms with E-state index in [-0.39, 0.29) is 17.8 Å². The maximum Gasteiger partial charge on any atom is 0.434 e. The van der Waals surface area contributed by atoms with Gasteiger partial charge in [0.2, 0.25) is 0 Å². The first-order chi connectivity index (χ1) is 12.8. The summed E-state index contributed by atoms with van der Waals surface area (Å²) < 4.78 is 49.0. The summed E-state index contributed by atoms with van der Waals surface area (Å²) in [5.41, 5.74) is 0.725. The van der Waals surface area contributed by atoms with Crippen LogP contribution in [-0.2, 0) is 19.1 Å². The zero-order valence-corrected chi connectivity index (χ0v) is 15.5. The molecule has 6 nitrogen and oxygen atoms in total. The second kappa shape index (κ2) is 7.63. The number of rotatable bonds is 5. The van der Waals surface area contributed by atoms with Gasteiger partial charge in [-0.15, -0.1) is 11.3 Å². The van der Waals surface area contributed by atoms with Crippen LogP contribution in [0.2, 0.25) is 0 Å². The average molecular weight is 401 g/mol. The van der Waals surface area contributed by atoms with E-state index in [1.807, 2.05) is 26.0 Å². The van der Waals surface area contributed by atoms with Gasteiger partial charge in [-0.05, 0) is 26.0 Å². The van der Waals surface area contributed by atoms with Crippen molar-refractivity contribution in [2.45, 2.75) is 39.1 Å². The van der Waals surface area contributed by atoms with E-state index in [2.05, 4.69) is 15.6 Å². The van der Waals surface area contributed by atoms with Crippen molar-refractivity contribution in [2.24, 2.45) is 0 Å². The molecule has 10 heteroatoms. The van der Waals surface area contributed by atoms with Crippen LogP contribution < -0.4 is 20.1 Å². The van der Waals surface area contributed by atoms with Crippen LogP contribution in [0.1, 0.15) is 30.7 Å². The molecule has 1 aromatic carbocycles. The number of halogens is 3. The highest BCUT2D eigenvalue weighted by Gasteiger charge is 2.34. The van der Waals surface area contributed by atoms with Crippen molar-refractivity contribution in [3.05, 3.63) is 34.3 Å². The third kappa shape index (κ3) is 4.62. The number of nitrogens with zero attached hydrogens (tertiary/aromatic N) is 1. The third-order valence-electron chi connectivity index (χ3n) is 3.83. The molecule has 1 aliphatic heterocycles. The van der Waals surface area contributed by atoms with E-state index < -0.39 is 17.9 Å². The molecule has 0 radical (unpaired) electrons. The molecule has 1 aromatic heterocycles. The highest BCUT2D eigenvalue weighted by Crippen LogP contribution is 2.35. The number of ether oxygens (including phenoxy) is 2. The fourth-order valence-corrected chi connectivity index (χ4v) is 3.40. The number of benzene rings is 1. The van der Waals surface area contributed by atoms with Crippen molar-refractivity contribution < 1.29 is 27.4 Å². The number of carbonyl (C=O) groups is 1. The molecule has 1 aliphatic rings. The van der Waals surface area contributed by atoms with Gasteiger partial charge < -0.3 is 14.8 Å². The van der Waals surface area contributed by atoms with Crippen molar-refractivity contribution in [1.29, 1.82) is 0 Å². The Morgan fingerprint density at radius 1 is 1.44 bits per heavy atom. The van der Waals surface area contributed by atoms with E-state index in [0.717, 1.165) is 28.7 Å². The number of alkyl halides is 3. The summed E-state index contributed by atoms with van der Waals surface area (Å²) in [6.07, 6.45) is -3.68. The summed E-state index contributed by atoms with van der Waals surface area (Å²) in [4.78, 5) is 15.3. The van der Waals surface area contributed by atoms with E-state index in [4.69, 9.17) is 9.47 Å². The molecule has 2 N–H and O–H groups in total. The molecule has 2 aromatic rings. The lowest BCUT2D eigenvalue weighted by molar-refractivity contribution is -0.140. The third-order valence-corrected chi connectivity index (χ3v) is 4.59. The first-order valence-corrected chi connectivity index (χ1v) is 9.17. The molecule has 0 saturated carbocycles. The predicted octanol–water partition coefficient (Wildman–Crippen LogP) is 4.21. The first kappa shape index (κ1) is 19.3. The van der Waals surface area contributed by atoms with E-state index in [1.165, 1.54) is 0 Å². The molecule has 27 heavy (non-hydrogen) atoms. The number of hydrogen-bond acceptors (Lipinski definition) is 5. The lowest BCUT2D eigenvalue weighted by atomic mass is 10.1. The number of hydrogen-bond donors (Lipinski definition) is 2. The Morgan fingerprint density at radius 2 is 2.22 bits per heavy atom. The van der Waals surface area contributed by atoms with E-state index >= 15 is 0 Å². The number of carbonyl (C=O) groups excluding carboxylic acids is 1. The van der Waals surface area contributed by atoms with Gasteiger partial charge in [0.1, 0.15) is 17.6 Å². The van der Waals surface area contributed by atoms with Gasteiger partial charge in [-0.2, -0.15) is 13.2 Å². The Hall–Kier alpha value is -2.49. The molecule has 2 amide bonds. The molecular weight excluding hydrogens is 383 g/mol. The van der Waals surface area contributed by atoms with E-state index in [1.54, 1.807) is 0 Å². The van der Waals surface area contributed by atoms with Gasteiger partial charge in [0.25, 0.3) is 0 Å². The fourth-order valence-electron chi connectivity index (χ4n) is 2.69. The molecule has 0 fully saturated rings. The molecule has 2 heterocycles. The molecule has 0 spiro atoms. The van der Waals surface area contributed by atoms with Crippen molar-refractivity contribution >= 4 is 22.5 Å². The minimum atomic E-state index is -4.54. The molecule has 146 valence electrons. The number of urea groups is 1. The van der Waals surface area contributed by atoms with Crippen molar-refractivity contribution in [1.82, 2.24) is 10.3 Å². The zero-order chi connectivity index (χ0) is 19.6. The van der Waals surface area contributed by atoms with Crippen LogP contribution in [0.3, 0.4) is 0 Å². The lowest BCUT2D eigenvalue weighted by Gasteiger charge is -2.13. The smallest absolute Gasteiger partial charge is 0.434 e. The van der Waals surface area contributed by atoms with Crippen LogP contribution in [0.5, 0.6) is 11.5 Å². The van der Waals surface area contributed by atoms with Crippen LogP contribution in [0.4, 0.5) is 23.1 Å². The number of thiazole rings is 1. The summed E-state index contributed by atoms with van der Waals surface area (Å²) in [6.45, 7) is 4.42. The minimum Gasteiger partial charge on any atom is -0.494 e. The van der Waals surface area contributed by atoms with Gasteiger partial charge in [0.05, 0.1) is 6.61 Å². The highest BCUT2D eigenvalue weighted by atomic mass is 32.1. The molecule has 0 aliphatic carbocycles. The molecular formula is C17H18F3N3O3S. The molecule has 1 unspecified atom stereocenters. The number of nitrogens with one attached hydrogen (secondary N) is 2. The topological polar surface area (TPSA) is 72.5 Å². The molecule has 3 rings (SSSR count). The monoisotopic (exact) mass is 401 g/mol. The summed E-state index contributed by atoms with van der Waals surface area (Å²) in [5.74, 6) is 1.39. The Morgan fingerprint density at radius 3 is 2.89 bits per heavy atom. The highest BCUT2D eigenvalue weighted by molar-refractivity contribution is 7.13. The van der Waals surface area contributed by atoms with Gasteiger partial charge >= 0.3 is 12.2 Å². The Kier molecular flexibility index (Phi) is 5.45. The maximum absolute atomic E-state index is 12.6. The van der Waals surface area contributed by atoms with E-state index in [0.29, 0.717) is 23.7 Å². The number of aromatic nitrogens is 1. The summed E-state index contributed by atoms with van der Waals surface area (Å²) in [7, 11) is 0. The largest absolute Gasteiger partial charge is 0.494 e. The Labute approximate surface area is 157 Å². The summed E-state index contributed by atoms with van der Waals surface area (Å²) >= 11 is 0.706. The lowest BCUT2D eigenvalue weighted by Crippen LogP contribution is -2.28. The molecule has 0 bridgehead atoms. The van der Waals surface area contributed by atoms with Gasteiger partial charge in [0, 0.05) is 29.5 Å². The predicted molar refractivity (Wildman–Crippen MR) is 94.4 cm³/mol. The fraction of sp³-hybridized carbons (Fsp3) is 0.412. The van der Waals surface area contributed by atoms with Crippen LogP contribution >= 0.6 is 11.3 Å². The Bertz CT molecular complexity index is 839. The second-order valence-corrected chi connectivity index (χ2v) is 6.83. The summed E-state index contributed by atoms with van der Waals surface area (Å²) in [5, 5.41) is 5.62. The second-order valence-electron chi connectivity index (χ2n) is 5.98. The van der Waals surface area contributed by atoms with Crippen molar-refractivity contribution in [3.8, 4) is 11.5 Å². The maximum atomic E-state index is 12.6. The van der Waals surface area contributed by atoms with Gasteiger partial charge in [0.15, 0.2) is 10.8 Å². The molecule has 1 atom stereocenters. The van der Waals surface area contributed by atoms with Crippen LogP contribution in [0, 0.1) is 0 Å². The van der Waals surface area contributed by atoms with Gasteiger partial charge in [-0.3, -0.25) is 5.32 Å². The van der Waals surface area contributed by atoms with E-state index in [9.17, 15) is 18.0 Å². The van der Waals surface area contributed by atoms with Gasteiger partial charge in [-0.25, -0.2) is 9.78 Å². The van der Waals surface area contributed by atoms with Gasteiger partial charge in [-0.1, -0.05) is 0 Å². The molecule has 0 saturated heterocycles. The summed E-state index contributed by atoms with van der Waals surface area (Å²) in [6, 6.07) is 3.05. The number of amides is 2. The number of fused-ring (bicyclic) bond motifs is 1. The zero-order valence-electron chi connectivity index (χ0n) is 14.6. The normalized spacial score (nSPS) is 15.8. The van der Waals surface area contributed by atoms with Crippen molar-refractivity contribution in [2.75, 3.05) is 11.9 Å². The average Bonchev–Trinajstić information content (AvgIpc) is 3.18. The van der Waals surface area contributed by atoms with Crippen LogP contribution in [0.25, 0.3) is 0 Å². The standard InChI is InChI=1S/C17H18F3N3O3S/c1-3-25-12-5-10-4-9(2)26-13(10)6-11(12)7-21-15(24)23-16-22-14(8-27-16)17(18,19)20/h5-6,8-9H,3-4,7H2,1-2H3,(H2,21,22,23,24). The quantitative estimate of drug-likeness (QED) is 0.788. The first-order valence-electron chi connectivity index (χ1n) is 8.29. The Balaban J connectivity index is 1.65. The van der Waals surface area contributed by atoms with Crippen molar-refractivity contribution in [3.63, 3.8) is 0 Å². The minimum absolute atomic E-state index is 0.0775.